The molecule has 9 nitrogen and oxygen atoms in total. The highest BCUT2D eigenvalue weighted by atomic mass is 32.2. The Kier molecular flexibility index (Phi) is 7.86. The van der Waals surface area contributed by atoms with Gasteiger partial charge >= 0.3 is 5.69 Å². The summed E-state index contributed by atoms with van der Waals surface area (Å²) in [5, 5.41) is 10.7. The summed E-state index contributed by atoms with van der Waals surface area (Å²) in [5.41, 5.74) is 1.71. The lowest BCUT2D eigenvalue weighted by Crippen LogP contribution is -2.31. The second-order valence-corrected chi connectivity index (χ2v) is 10.2. The molecule has 1 atom stereocenters. The number of aliphatic hydroxyl groups excluding tert-OH is 1. The Bertz CT molecular complexity index is 1340. The lowest BCUT2D eigenvalue weighted by atomic mass is 10.1. The van der Waals surface area contributed by atoms with Crippen LogP contribution in [-0.2, 0) is 29.5 Å². The Morgan fingerprint density at radius 3 is 2.47 bits per heavy atom. The highest BCUT2D eigenvalue weighted by molar-refractivity contribution is 7.89. The summed E-state index contributed by atoms with van der Waals surface area (Å²) in [5.74, 6) is 1.00. The van der Waals surface area contributed by atoms with Crippen LogP contribution in [0.5, 0.6) is 11.5 Å². The number of hydrogen-bond donors (Lipinski definition) is 1. The van der Waals surface area contributed by atoms with Crippen molar-refractivity contribution in [3.05, 3.63) is 65.1 Å². The smallest absolute Gasteiger partial charge is 0.329 e. The largest absolute Gasteiger partial charge is 0.493 e. The van der Waals surface area contributed by atoms with E-state index in [1.165, 1.54) is 42.5 Å². The zero-order chi connectivity index (χ0) is 25.0. The first kappa shape index (κ1) is 25.5. The maximum absolute atomic E-state index is 13.0. The van der Waals surface area contributed by atoms with Gasteiger partial charge in [-0.05, 0) is 49.2 Å². The fourth-order valence-electron chi connectivity index (χ4n) is 3.73. The number of allylic oxidation sites excluding steroid dienone is 1. The third-order valence-corrected chi connectivity index (χ3v) is 7.33. The number of aromatic nitrogens is 2. The Hall–Kier alpha value is -3.08. The van der Waals surface area contributed by atoms with Crippen LogP contribution in [0.4, 0.5) is 0 Å². The Morgan fingerprint density at radius 2 is 1.85 bits per heavy atom. The van der Waals surface area contributed by atoms with Gasteiger partial charge < -0.3 is 14.6 Å². The van der Waals surface area contributed by atoms with Gasteiger partial charge in [-0.1, -0.05) is 12.1 Å². The quantitative estimate of drug-likeness (QED) is 0.415. The number of imidazole rings is 1. The van der Waals surface area contributed by atoms with Gasteiger partial charge in [-0.3, -0.25) is 9.13 Å². The van der Waals surface area contributed by atoms with E-state index in [4.69, 9.17) is 9.47 Å². The van der Waals surface area contributed by atoms with Gasteiger partial charge in [-0.15, -0.1) is 6.58 Å². The van der Waals surface area contributed by atoms with Crippen molar-refractivity contribution >= 4 is 21.1 Å². The highest BCUT2D eigenvalue weighted by Crippen LogP contribution is 2.28. The predicted octanol–water partition coefficient (Wildman–Crippen LogP) is 2.25. The number of rotatable bonds is 11. The van der Waals surface area contributed by atoms with E-state index in [-0.39, 0.29) is 23.7 Å². The summed E-state index contributed by atoms with van der Waals surface area (Å²) < 4.78 is 40.4. The molecule has 34 heavy (non-hydrogen) atoms. The third kappa shape index (κ3) is 5.03. The molecular weight excluding hydrogens is 458 g/mol. The molecule has 0 bridgehead atoms. The fourth-order valence-corrected chi connectivity index (χ4v) is 4.65. The van der Waals surface area contributed by atoms with E-state index in [0.717, 1.165) is 9.87 Å². The number of aryl methyl sites for hydroxylation is 1. The topological polar surface area (TPSA) is 103 Å². The first-order valence-corrected chi connectivity index (χ1v) is 12.3. The van der Waals surface area contributed by atoms with E-state index in [2.05, 4.69) is 6.58 Å². The van der Waals surface area contributed by atoms with E-state index in [1.54, 1.807) is 18.2 Å². The molecule has 0 aliphatic heterocycles. The van der Waals surface area contributed by atoms with E-state index < -0.39 is 16.1 Å². The lowest BCUT2D eigenvalue weighted by Gasteiger charge is -2.16. The van der Waals surface area contributed by atoms with Crippen molar-refractivity contribution in [3.63, 3.8) is 0 Å². The Morgan fingerprint density at radius 1 is 1.12 bits per heavy atom. The summed E-state index contributed by atoms with van der Waals surface area (Å²) in [6.45, 7) is 5.81. The molecule has 0 aliphatic carbocycles. The van der Waals surface area contributed by atoms with Gasteiger partial charge in [0.2, 0.25) is 10.0 Å². The molecule has 10 heteroatoms. The maximum atomic E-state index is 13.0. The molecule has 0 spiro atoms. The molecule has 1 N–H and O–H groups in total. The van der Waals surface area contributed by atoms with Crippen LogP contribution >= 0.6 is 0 Å². The molecule has 0 radical (unpaired) electrons. The van der Waals surface area contributed by atoms with Gasteiger partial charge in [0.15, 0.2) is 11.5 Å². The third-order valence-electron chi connectivity index (χ3n) is 5.52. The van der Waals surface area contributed by atoms with E-state index in [1.807, 2.05) is 19.1 Å². The average molecular weight is 490 g/mol. The molecule has 1 unspecified atom stereocenters. The zero-order valence-corrected chi connectivity index (χ0v) is 20.7. The minimum Gasteiger partial charge on any atom is -0.493 e. The number of fused-ring (bicyclic) bond motifs is 1. The van der Waals surface area contributed by atoms with Crippen molar-refractivity contribution in [2.45, 2.75) is 37.4 Å². The van der Waals surface area contributed by atoms with Gasteiger partial charge in [0.25, 0.3) is 0 Å². The summed E-state index contributed by atoms with van der Waals surface area (Å²) in [7, 11) is 0.747. The van der Waals surface area contributed by atoms with Gasteiger partial charge in [-0.25, -0.2) is 17.5 Å². The first-order chi connectivity index (χ1) is 16.1. The van der Waals surface area contributed by atoms with Crippen molar-refractivity contribution < 1.29 is 23.0 Å². The summed E-state index contributed by atoms with van der Waals surface area (Å²) in [6.07, 6.45) is 1.45. The van der Waals surface area contributed by atoms with Crippen molar-refractivity contribution in [2.75, 3.05) is 27.8 Å². The second kappa shape index (κ2) is 10.5. The number of benzene rings is 2. The van der Waals surface area contributed by atoms with E-state index in [0.29, 0.717) is 35.5 Å². The molecule has 0 amide bonds. The fraction of sp³-hybridized carbons (Fsp3) is 0.375. The summed E-state index contributed by atoms with van der Waals surface area (Å²) in [6, 6.07) is 10.1. The second-order valence-electron chi connectivity index (χ2n) is 8.02. The summed E-state index contributed by atoms with van der Waals surface area (Å²) >= 11 is 0. The van der Waals surface area contributed by atoms with Crippen molar-refractivity contribution in [1.82, 2.24) is 13.4 Å². The average Bonchev–Trinajstić information content (AvgIpc) is 3.07. The number of ether oxygens (including phenoxy) is 2. The number of nitrogens with zero attached hydrogens (tertiary/aromatic N) is 3. The minimum absolute atomic E-state index is 0.0648. The molecule has 0 saturated carbocycles. The van der Waals surface area contributed by atoms with Crippen LogP contribution in [0.1, 0.15) is 12.5 Å². The molecule has 0 aliphatic rings. The monoisotopic (exact) mass is 489 g/mol. The molecular formula is C24H31N3O6S. The molecule has 1 heterocycles. The van der Waals surface area contributed by atoms with Crippen molar-refractivity contribution in [1.29, 1.82) is 0 Å². The van der Waals surface area contributed by atoms with E-state index >= 15 is 0 Å². The van der Waals surface area contributed by atoms with Crippen LogP contribution in [0.2, 0.25) is 0 Å². The summed E-state index contributed by atoms with van der Waals surface area (Å²) in [4.78, 5) is 13.1. The van der Waals surface area contributed by atoms with Crippen LogP contribution < -0.4 is 15.2 Å². The van der Waals surface area contributed by atoms with Crippen LogP contribution in [-0.4, -0.2) is 60.9 Å². The Labute approximate surface area is 199 Å². The number of sulfonamides is 1. The van der Waals surface area contributed by atoms with Crippen LogP contribution in [0, 0.1) is 0 Å². The number of methoxy groups -OCH3 is 1. The lowest BCUT2D eigenvalue weighted by molar-refractivity contribution is 0.0909. The SMILES string of the molecule is C=CCc1ccc(OCC(O)Cn2c(=O)n(CC)c3ccc(S(=O)(=O)N(C)C)cc32)c(OC)c1. The molecule has 2 aromatic carbocycles. The molecule has 0 saturated heterocycles. The van der Waals surface area contributed by atoms with Gasteiger partial charge in [0.1, 0.15) is 12.7 Å². The number of hydrogen-bond acceptors (Lipinski definition) is 6. The van der Waals surface area contributed by atoms with Gasteiger partial charge in [0, 0.05) is 20.6 Å². The molecule has 0 fully saturated rings. The Balaban J connectivity index is 1.88. The number of aliphatic hydroxyl groups is 1. The van der Waals surface area contributed by atoms with Crippen LogP contribution in [0.25, 0.3) is 11.0 Å². The van der Waals surface area contributed by atoms with Crippen molar-refractivity contribution in [3.8, 4) is 11.5 Å². The first-order valence-electron chi connectivity index (χ1n) is 10.9. The van der Waals surface area contributed by atoms with Crippen LogP contribution in [0.15, 0.2) is 58.7 Å². The molecule has 1 aromatic heterocycles. The van der Waals surface area contributed by atoms with Crippen LogP contribution in [0.3, 0.4) is 0 Å². The minimum atomic E-state index is -3.68. The van der Waals surface area contributed by atoms with Gasteiger partial charge in [-0.2, -0.15) is 0 Å². The zero-order valence-electron chi connectivity index (χ0n) is 19.9. The van der Waals surface area contributed by atoms with Gasteiger partial charge in [0.05, 0.1) is 29.6 Å². The molecule has 3 rings (SSSR count). The maximum Gasteiger partial charge on any atom is 0.329 e. The normalized spacial score (nSPS) is 12.8. The highest BCUT2D eigenvalue weighted by Gasteiger charge is 2.22. The molecule has 184 valence electrons. The predicted molar refractivity (Wildman–Crippen MR) is 131 cm³/mol. The van der Waals surface area contributed by atoms with Crippen molar-refractivity contribution in [2.24, 2.45) is 0 Å². The molecule has 3 aromatic rings. The van der Waals surface area contributed by atoms with E-state index in [9.17, 15) is 18.3 Å². The standard InChI is InChI=1S/C24H31N3O6S/c1-6-8-17-9-12-22(23(13-17)32-5)33-16-18(28)15-27-21-14-19(34(30,31)25(3)4)10-11-20(21)26(7-2)24(27)29/h6,9-14,18,28H,1,7-8,15-16H2,2-5H3.